The highest BCUT2D eigenvalue weighted by Gasteiger charge is 2.29. The molecule has 1 unspecified atom stereocenters. The molecule has 0 amide bonds. The van der Waals surface area contributed by atoms with Gasteiger partial charge in [-0.15, -0.1) is 5.06 Å². The lowest BCUT2D eigenvalue weighted by Gasteiger charge is -2.33. The molecule has 0 saturated carbocycles. The lowest BCUT2D eigenvalue weighted by atomic mass is 9.98. The molecule has 1 saturated heterocycles. The van der Waals surface area contributed by atoms with E-state index in [0.29, 0.717) is 29.9 Å². The smallest absolute Gasteiger partial charge is 0.330 e. The molecule has 1 aliphatic rings. The van der Waals surface area contributed by atoms with E-state index >= 15 is 0 Å². The number of nitrogens with one attached hydrogen (secondary N) is 1. The summed E-state index contributed by atoms with van der Waals surface area (Å²) in [7, 11) is -3.79. The minimum atomic E-state index is -3.79. The van der Waals surface area contributed by atoms with Gasteiger partial charge in [0.2, 0.25) is 0 Å². The van der Waals surface area contributed by atoms with Crippen LogP contribution in [0.4, 0.5) is 5.82 Å². The molecule has 9 nitrogen and oxygen atoms in total. The zero-order chi connectivity index (χ0) is 23.8. The number of hydrogen-bond acceptors (Lipinski definition) is 8. The summed E-state index contributed by atoms with van der Waals surface area (Å²) in [5.74, 6) is 0.276. The average molecular weight is 472 g/mol. The third kappa shape index (κ3) is 4.86. The molecule has 0 bridgehead atoms. The third-order valence-corrected chi connectivity index (χ3v) is 7.26. The van der Waals surface area contributed by atoms with Crippen molar-refractivity contribution in [1.29, 1.82) is 0 Å². The van der Waals surface area contributed by atoms with Crippen LogP contribution in [0.2, 0.25) is 0 Å². The first-order chi connectivity index (χ1) is 15.6. The molecule has 0 radical (unpaired) electrons. The Kier molecular flexibility index (Phi) is 6.15. The van der Waals surface area contributed by atoms with Crippen LogP contribution >= 0.6 is 0 Å². The van der Waals surface area contributed by atoms with Gasteiger partial charge in [-0.3, -0.25) is 0 Å². The topological polar surface area (TPSA) is 106 Å². The number of hydroxylamine groups is 2. The number of carbonyl (C=O) groups excluding carboxylic acids is 1. The molecule has 0 spiro atoms. The van der Waals surface area contributed by atoms with Gasteiger partial charge >= 0.3 is 5.97 Å². The molecule has 1 fully saturated rings. The van der Waals surface area contributed by atoms with E-state index in [1.807, 2.05) is 27.7 Å². The highest BCUT2D eigenvalue weighted by Crippen LogP contribution is 2.27. The molecule has 4 rings (SSSR count). The van der Waals surface area contributed by atoms with E-state index in [0.717, 1.165) is 18.4 Å². The van der Waals surface area contributed by atoms with Crippen LogP contribution in [-0.4, -0.2) is 52.5 Å². The van der Waals surface area contributed by atoms with Crippen molar-refractivity contribution in [3.8, 4) is 0 Å². The molecule has 176 valence electrons. The Morgan fingerprint density at radius 3 is 2.58 bits per heavy atom. The summed E-state index contributed by atoms with van der Waals surface area (Å²) >= 11 is 0. The van der Waals surface area contributed by atoms with Gasteiger partial charge < -0.3 is 10.2 Å². The fourth-order valence-corrected chi connectivity index (χ4v) is 4.95. The van der Waals surface area contributed by atoms with E-state index in [9.17, 15) is 13.2 Å². The number of rotatable bonds is 5. The summed E-state index contributed by atoms with van der Waals surface area (Å²) in [4.78, 5) is 26.6. The standard InChI is InChI=1S/C23H29N5O4S/c1-16-7-9-18(10-8-16)33(30,31)28-13-11-19-20(24-15-25-21(19)28)26-17-6-5-12-27(14-17)32-22(29)23(2,3)4/h7-11,13,15,17H,5-6,12,14H2,1-4H3,(H,24,25,26). The number of piperidine rings is 1. The predicted octanol–water partition coefficient (Wildman–Crippen LogP) is 3.36. The van der Waals surface area contributed by atoms with Crippen LogP contribution in [0.25, 0.3) is 11.0 Å². The van der Waals surface area contributed by atoms with Crippen molar-refractivity contribution in [1.82, 2.24) is 19.0 Å². The van der Waals surface area contributed by atoms with E-state index in [1.54, 1.807) is 35.4 Å². The van der Waals surface area contributed by atoms with Gasteiger partial charge in [0.1, 0.15) is 12.1 Å². The highest BCUT2D eigenvalue weighted by atomic mass is 32.2. The van der Waals surface area contributed by atoms with Gasteiger partial charge in [-0.05, 0) is 58.7 Å². The third-order valence-electron chi connectivity index (χ3n) is 5.58. The maximum atomic E-state index is 13.2. The summed E-state index contributed by atoms with van der Waals surface area (Å²) in [6.07, 6.45) is 4.58. The SMILES string of the molecule is Cc1ccc(S(=O)(=O)n2ccc3c(NC4CCCN(OC(=O)C(C)(C)C)C4)ncnc32)cc1. The van der Waals surface area contributed by atoms with Crippen molar-refractivity contribution < 1.29 is 18.0 Å². The Hall–Kier alpha value is -2.98. The second-order valence-electron chi connectivity index (χ2n) is 9.39. The highest BCUT2D eigenvalue weighted by molar-refractivity contribution is 7.90. The minimum absolute atomic E-state index is 0.0123. The Morgan fingerprint density at radius 1 is 1.15 bits per heavy atom. The number of fused-ring (bicyclic) bond motifs is 1. The summed E-state index contributed by atoms with van der Waals surface area (Å²) < 4.78 is 27.5. The second-order valence-corrected chi connectivity index (χ2v) is 11.2. The average Bonchev–Trinajstić information content (AvgIpc) is 3.20. The Labute approximate surface area is 193 Å². The van der Waals surface area contributed by atoms with Crippen molar-refractivity contribution in [3.05, 3.63) is 48.4 Å². The number of nitrogens with zero attached hydrogens (tertiary/aromatic N) is 4. The fraction of sp³-hybridized carbons (Fsp3) is 0.435. The van der Waals surface area contributed by atoms with Gasteiger partial charge in [0.25, 0.3) is 10.0 Å². The van der Waals surface area contributed by atoms with Crippen LogP contribution in [0.1, 0.15) is 39.2 Å². The Bertz CT molecular complexity index is 1260. The second kappa shape index (κ2) is 8.75. The monoisotopic (exact) mass is 471 g/mol. The predicted molar refractivity (Wildman–Crippen MR) is 125 cm³/mol. The molecule has 2 aromatic heterocycles. The Balaban J connectivity index is 1.56. The molecule has 0 aliphatic carbocycles. The zero-order valence-electron chi connectivity index (χ0n) is 19.3. The van der Waals surface area contributed by atoms with Crippen molar-refractivity contribution in [2.45, 2.75) is 51.5 Å². The van der Waals surface area contributed by atoms with Crippen LogP contribution in [0.3, 0.4) is 0 Å². The molecule has 3 heterocycles. The number of aromatic nitrogens is 3. The number of anilines is 1. The van der Waals surface area contributed by atoms with Gasteiger partial charge in [-0.25, -0.2) is 27.2 Å². The quantitative estimate of drug-likeness (QED) is 0.604. The summed E-state index contributed by atoms with van der Waals surface area (Å²) in [5, 5.41) is 5.67. The molecule has 33 heavy (non-hydrogen) atoms. The first kappa shape index (κ1) is 23.2. The van der Waals surface area contributed by atoms with Crippen molar-refractivity contribution in [3.63, 3.8) is 0 Å². The van der Waals surface area contributed by atoms with Gasteiger partial charge in [0, 0.05) is 18.8 Å². The van der Waals surface area contributed by atoms with Crippen LogP contribution in [0.5, 0.6) is 0 Å². The molecule has 10 heteroatoms. The molecular weight excluding hydrogens is 442 g/mol. The molecule has 1 N–H and O–H groups in total. The van der Waals surface area contributed by atoms with Gasteiger partial charge in [0.15, 0.2) is 5.65 Å². The first-order valence-electron chi connectivity index (χ1n) is 10.9. The number of hydrogen-bond donors (Lipinski definition) is 1. The summed E-state index contributed by atoms with van der Waals surface area (Å²) in [6, 6.07) is 8.40. The molecular formula is C23H29N5O4S. The van der Waals surface area contributed by atoms with Crippen LogP contribution in [0.15, 0.2) is 47.8 Å². The molecule has 1 aliphatic heterocycles. The van der Waals surface area contributed by atoms with E-state index in [4.69, 9.17) is 4.84 Å². The fourth-order valence-electron chi connectivity index (χ4n) is 3.65. The van der Waals surface area contributed by atoms with E-state index < -0.39 is 15.4 Å². The van der Waals surface area contributed by atoms with Gasteiger partial charge in [-0.1, -0.05) is 17.7 Å². The first-order valence-corrected chi connectivity index (χ1v) is 12.4. The summed E-state index contributed by atoms with van der Waals surface area (Å²) in [5.41, 5.74) is 0.708. The number of aryl methyl sites for hydroxylation is 1. The molecule has 1 atom stereocenters. The summed E-state index contributed by atoms with van der Waals surface area (Å²) in [6.45, 7) is 8.55. The molecule has 1 aromatic carbocycles. The van der Waals surface area contributed by atoms with E-state index in [-0.39, 0.29) is 16.9 Å². The van der Waals surface area contributed by atoms with Crippen LogP contribution in [-0.2, 0) is 19.7 Å². The van der Waals surface area contributed by atoms with Crippen molar-refractivity contribution in [2.24, 2.45) is 5.41 Å². The van der Waals surface area contributed by atoms with E-state index in [1.165, 1.54) is 16.5 Å². The van der Waals surface area contributed by atoms with Gasteiger partial charge in [-0.2, -0.15) is 0 Å². The minimum Gasteiger partial charge on any atom is -0.367 e. The lowest BCUT2D eigenvalue weighted by Crippen LogP contribution is -2.44. The molecule has 3 aromatic rings. The lowest BCUT2D eigenvalue weighted by molar-refractivity contribution is -0.204. The van der Waals surface area contributed by atoms with E-state index in [2.05, 4.69) is 15.3 Å². The van der Waals surface area contributed by atoms with Crippen molar-refractivity contribution in [2.75, 3.05) is 18.4 Å². The van der Waals surface area contributed by atoms with Crippen molar-refractivity contribution >= 4 is 32.8 Å². The number of carbonyl (C=O) groups is 1. The maximum Gasteiger partial charge on any atom is 0.330 e. The van der Waals surface area contributed by atoms with Crippen LogP contribution in [0, 0.1) is 12.3 Å². The van der Waals surface area contributed by atoms with Gasteiger partial charge in [0.05, 0.1) is 22.2 Å². The maximum absolute atomic E-state index is 13.2. The Morgan fingerprint density at radius 2 is 1.88 bits per heavy atom. The largest absolute Gasteiger partial charge is 0.367 e. The number of benzene rings is 1. The van der Waals surface area contributed by atoms with Crippen LogP contribution < -0.4 is 5.32 Å². The normalized spacial score (nSPS) is 17.8. The zero-order valence-corrected chi connectivity index (χ0v) is 20.1.